The minimum Gasteiger partial charge on any atom is -0.543 e. The molecule has 1 saturated carbocycles. The SMILES string of the molecule is C[C@@H](O)[C@H]1C(=O)N2C(C(=O)[O-])=C3[C@@H](OCCN=CN)CCC[C@@H]3[C@H]12.[Na+]. The predicted molar refractivity (Wildman–Crippen MR) is 82.5 cm³/mol. The third-order valence-corrected chi connectivity index (χ3v) is 5.20. The zero-order valence-electron chi connectivity index (χ0n) is 14.6. The molecule has 132 valence electrons. The summed E-state index contributed by atoms with van der Waals surface area (Å²) in [6, 6.07) is -0.297. The molecule has 2 aliphatic heterocycles. The minimum absolute atomic E-state index is 0. The van der Waals surface area contributed by atoms with Crippen molar-refractivity contribution in [2.45, 2.75) is 44.4 Å². The Bertz CT molecular complexity index is 607. The fraction of sp³-hybridized carbons (Fsp3) is 0.688. The summed E-state index contributed by atoms with van der Waals surface area (Å²) in [4.78, 5) is 29.2. The average molecular weight is 359 g/mol. The van der Waals surface area contributed by atoms with Crippen LogP contribution in [0.5, 0.6) is 0 Å². The van der Waals surface area contributed by atoms with E-state index in [4.69, 9.17) is 10.5 Å². The number of aliphatic carboxylic acids is 1. The molecule has 0 bridgehead atoms. The van der Waals surface area contributed by atoms with Crippen molar-refractivity contribution in [3.8, 4) is 0 Å². The second-order valence-electron chi connectivity index (χ2n) is 6.51. The van der Waals surface area contributed by atoms with Gasteiger partial charge in [0.25, 0.3) is 0 Å². The van der Waals surface area contributed by atoms with Crippen LogP contribution < -0.4 is 40.4 Å². The van der Waals surface area contributed by atoms with E-state index in [1.54, 1.807) is 6.92 Å². The molecule has 1 saturated heterocycles. The Balaban J connectivity index is 0.00000225. The summed E-state index contributed by atoms with van der Waals surface area (Å²) in [5.74, 6) is -2.35. The zero-order chi connectivity index (χ0) is 17.4. The number of nitrogens with two attached hydrogens (primary N) is 1. The first-order valence-corrected chi connectivity index (χ1v) is 8.27. The number of carbonyl (C=O) groups excluding carboxylic acids is 2. The molecule has 8 nitrogen and oxygen atoms in total. The van der Waals surface area contributed by atoms with Crippen LogP contribution in [-0.4, -0.2) is 59.6 Å². The second kappa shape index (κ2) is 8.18. The van der Waals surface area contributed by atoms with Gasteiger partial charge in [-0.25, -0.2) is 0 Å². The Morgan fingerprint density at radius 2 is 2.28 bits per heavy atom. The normalized spacial score (nSPS) is 32.1. The Morgan fingerprint density at radius 3 is 2.88 bits per heavy atom. The van der Waals surface area contributed by atoms with Crippen LogP contribution in [0.1, 0.15) is 26.2 Å². The zero-order valence-corrected chi connectivity index (χ0v) is 16.6. The van der Waals surface area contributed by atoms with E-state index in [0.29, 0.717) is 25.1 Å². The van der Waals surface area contributed by atoms with Gasteiger partial charge in [0.05, 0.1) is 55.3 Å². The number of carbonyl (C=O) groups is 2. The molecule has 5 atom stereocenters. The van der Waals surface area contributed by atoms with Crippen LogP contribution in [-0.2, 0) is 14.3 Å². The summed E-state index contributed by atoms with van der Waals surface area (Å²) in [7, 11) is 0. The number of carboxylic acids is 1. The van der Waals surface area contributed by atoms with Crippen molar-refractivity contribution in [3.05, 3.63) is 11.3 Å². The van der Waals surface area contributed by atoms with E-state index in [2.05, 4.69) is 4.99 Å². The van der Waals surface area contributed by atoms with E-state index in [-0.39, 0.29) is 59.2 Å². The Morgan fingerprint density at radius 1 is 1.56 bits per heavy atom. The molecule has 3 aliphatic rings. The molecule has 25 heavy (non-hydrogen) atoms. The molecule has 2 fully saturated rings. The van der Waals surface area contributed by atoms with Crippen LogP contribution in [0.4, 0.5) is 0 Å². The molecule has 0 spiro atoms. The van der Waals surface area contributed by atoms with Crippen molar-refractivity contribution in [2.24, 2.45) is 22.6 Å². The predicted octanol–water partition coefficient (Wildman–Crippen LogP) is -4.61. The van der Waals surface area contributed by atoms with Gasteiger partial charge in [0.15, 0.2) is 0 Å². The van der Waals surface area contributed by atoms with Gasteiger partial charge in [-0.15, -0.1) is 0 Å². The van der Waals surface area contributed by atoms with Crippen molar-refractivity contribution in [2.75, 3.05) is 13.2 Å². The molecule has 0 aromatic carbocycles. The van der Waals surface area contributed by atoms with E-state index in [0.717, 1.165) is 12.8 Å². The maximum absolute atomic E-state index is 12.3. The van der Waals surface area contributed by atoms with Gasteiger partial charge >= 0.3 is 29.6 Å². The molecule has 1 aliphatic carbocycles. The number of hydrogen-bond donors (Lipinski definition) is 2. The summed E-state index contributed by atoms with van der Waals surface area (Å²) >= 11 is 0. The first kappa shape index (κ1) is 20.4. The Hall–Kier alpha value is -0.930. The molecule has 0 aromatic heterocycles. The van der Waals surface area contributed by atoms with E-state index in [9.17, 15) is 19.8 Å². The molecule has 0 unspecified atom stereocenters. The standard InChI is InChI=1S/C16H23N3O5.Na/c1-8(20)11-13-9-3-2-4-10(24-6-5-18-7-17)12(9)14(16(22)23)19(13)15(11)21;/h7-11,13,20H,2-6H2,1H3,(H2,17,18)(H,22,23);/q;+1/p-1/t8-,9+,10+,11-,13-;/m1./s1. The smallest absolute Gasteiger partial charge is 0.543 e. The van der Waals surface area contributed by atoms with Crippen LogP contribution in [0.15, 0.2) is 16.3 Å². The topological polar surface area (TPSA) is 128 Å². The number of aliphatic hydroxyl groups excluding tert-OH is 1. The molecule has 3 rings (SSSR count). The minimum atomic E-state index is -1.36. The van der Waals surface area contributed by atoms with Gasteiger partial charge in [0.1, 0.15) is 0 Å². The molecule has 0 radical (unpaired) electrons. The van der Waals surface area contributed by atoms with Crippen molar-refractivity contribution < 1.29 is 54.1 Å². The average Bonchev–Trinajstić information content (AvgIpc) is 2.82. The van der Waals surface area contributed by atoms with Crippen LogP contribution in [0.2, 0.25) is 0 Å². The van der Waals surface area contributed by atoms with Crippen molar-refractivity contribution in [1.82, 2.24) is 4.90 Å². The molecule has 0 aromatic rings. The fourth-order valence-electron chi connectivity index (χ4n) is 4.32. The third kappa shape index (κ3) is 3.38. The Labute approximate surface area is 168 Å². The number of rotatable bonds is 6. The van der Waals surface area contributed by atoms with Crippen LogP contribution in [0, 0.1) is 11.8 Å². The van der Waals surface area contributed by atoms with Crippen molar-refractivity contribution in [3.63, 3.8) is 0 Å². The summed E-state index contributed by atoms with van der Waals surface area (Å²) in [6.45, 7) is 2.29. The van der Waals surface area contributed by atoms with Gasteiger partial charge in [-0.3, -0.25) is 9.79 Å². The van der Waals surface area contributed by atoms with E-state index in [1.165, 1.54) is 11.2 Å². The molecule has 9 heteroatoms. The molecule has 3 N–H and O–H groups in total. The van der Waals surface area contributed by atoms with Crippen LogP contribution in [0.25, 0.3) is 0 Å². The first-order chi connectivity index (χ1) is 11.5. The second-order valence-corrected chi connectivity index (χ2v) is 6.51. The van der Waals surface area contributed by atoms with Gasteiger partial charge in [-0.1, -0.05) is 0 Å². The van der Waals surface area contributed by atoms with Gasteiger partial charge < -0.3 is 30.4 Å². The largest absolute Gasteiger partial charge is 1.00 e. The fourth-order valence-corrected chi connectivity index (χ4v) is 4.32. The van der Waals surface area contributed by atoms with Crippen LogP contribution in [0.3, 0.4) is 0 Å². The number of fused-ring (bicyclic) bond motifs is 3. The molecular formula is C16H22N3NaO5. The number of amides is 1. The monoisotopic (exact) mass is 359 g/mol. The van der Waals surface area contributed by atoms with E-state index in [1.807, 2.05) is 0 Å². The number of carboxylic acid groups (broad SMARTS) is 1. The summed E-state index contributed by atoms with van der Waals surface area (Å²) in [6.07, 6.45) is 2.39. The van der Waals surface area contributed by atoms with Crippen molar-refractivity contribution in [1.29, 1.82) is 0 Å². The maximum Gasteiger partial charge on any atom is 1.00 e. The summed E-state index contributed by atoms with van der Waals surface area (Å²) in [5.41, 5.74) is 5.77. The molecule has 2 heterocycles. The van der Waals surface area contributed by atoms with Gasteiger partial charge in [-0.2, -0.15) is 0 Å². The van der Waals surface area contributed by atoms with Gasteiger partial charge in [0, 0.05) is 5.92 Å². The maximum atomic E-state index is 12.3. The number of hydrogen-bond acceptors (Lipinski definition) is 6. The van der Waals surface area contributed by atoms with Crippen molar-refractivity contribution >= 4 is 18.2 Å². The van der Waals surface area contributed by atoms with Gasteiger partial charge in [0.2, 0.25) is 5.91 Å². The van der Waals surface area contributed by atoms with E-state index >= 15 is 0 Å². The van der Waals surface area contributed by atoms with Gasteiger partial charge in [-0.05, 0) is 31.8 Å². The molecular weight excluding hydrogens is 337 g/mol. The number of β-lactam (4-membered cyclic amide) rings is 1. The summed E-state index contributed by atoms with van der Waals surface area (Å²) < 4.78 is 5.82. The number of aliphatic hydroxyl groups is 1. The third-order valence-electron chi connectivity index (χ3n) is 5.20. The number of nitrogens with zero attached hydrogens (tertiary/aromatic N) is 2. The Kier molecular flexibility index (Phi) is 6.67. The van der Waals surface area contributed by atoms with Crippen LogP contribution >= 0.6 is 0 Å². The van der Waals surface area contributed by atoms with E-state index < -0.39 is 18.0 Å². The number of aliphatic imine (C=N–C) groups is 1. The molecule has 1 amide bonds. The summed E-state index contributed by atoms with van der Waals surface area (Å²) in [5, 5.41) is 21.6. The first-order valence-electron chi connectivity index (χ1n) is 8.27. The number of ether oxygens (including phenoxy) is 1. The quantitative estimate of drug-likeness (QED) is 0.161.